The minimum atomic E-state index is -0.879. The number of rotatable bonds is 8. The van der Waals surface area contributed by atoms with Crippen LogP contribution in [0, 0.1) is 0 Å². The largest absolute Gasteiger partial charge is 0.494 e. The van der Waals surface area contributed by atoms with Gasteiger partial charge in [0.25, 0.3) is 0 Å². The molecule has 3 heteroatoms. The maximum Gasteiger partial charge on any atom is 0.335 e. The molecule has 4 aromatic carbocycles. The molecule has 4 rings (SSSR count). The van der Waals surface area contributed by atoms with Crippen molar-refractivity contribution in [3.63, 3.8) is 0 Å². The van der Waals surface area contributed by atoms with E-state index >= 15 is 0 Å². The predicted molar refractivity (Wildman–Crippen MR) is 136 cm³/mol. The number of carboxylic acids is 1. The molecule has 0 spiro atoms. The van der Waals surface area contributed by atoms with Crippen molar-refractivity contribution in [3.8, 4) is 28.0 Å². The molecular weight excluding hydrogens is 408 g/mol. The highest BCUT2D eigenvalue weighted by molar-refractivity contribution is 5.87. The smallest absolute Gasteiger partial charge is 0.335 e. The van der Waals surface area contributed by atoms with Gasteiger partial charge in [-0.1, -0.05) is 105 Å². The fourth-order valence-electron chi connectivity index (χ4n) is 3.46. The van der Waals surface area contributed by atoms with Crippen molar-refractivity contribution >= 4 is 5.97 Å². The van der Waals surface area contributed by atoms with Gasteiger partial charge in [-0.3, -0.25) is 0 Å². The van der Waals surface area contributed by atoms with Crippen LogP contribution < -0.4 is 4.74 Å². The van der Waals surface area contributed by atoms with Gasteiger partial charge < -0.3 is 9.84 Å². The van der Waals surface area contributed by atoms with Crippen molar-refractivity contribution in [3.05, 3.63) is 115 Å². The summed E-state index contributed by atoms with van der Waals surface area (Å²) < 4.78 is 5.81. The van der Waals surface area contributed by atoms with E-state index in [1.54, 1.807) is 30.3 Å². The summed E-state index contributed by atoms with van der Waals surface area (Å²) in [5.41, 5.74) is 5.30. The normalized spacial score (nSPS) is 10.1. The van der Waals surface area contributed by atoms with Crippen LogP contribution in [0.3, 0.4) is 0 Å². The molecule has 0 aliphatic heterocycles. The topological polar surface area (TPSA) is 46.5 Å². The Labute approximate surface area is 196 Å². The zero-order chi connectivity index (χ0) is 23.3. The summed E-state index contributed by atoms with van der Waals surface area (Å²) >= 11 is 0. The molecule has 0 saturated carbocycles. The van der Waals surface area contributed by atoms with Gasteiger partial charge in [0.2, 0.25) is 0 Å². The van der Waals surface area contributed by atoms with E-state index < -0.39 is 5.97 Å². The zero-order valence-corrected chi connectivity index (χ0v) is 19.0. The molecule has 0 aliphatic carbocycles. The molecule has 0 unspecified atom stereocenters. The number of carboxylic acid groups (broad SMARTS) is 1. The van der Waals surface area contributed by atoms with Gasteiger partial charge in [-0.25, -0.2) is 4.79 Å². The first-order valence-corrected chi connectivity index (χ1v) is 11.3. The molecule has 4 aromatic rings. The number of aromatic carboxylic acids is 1. The number of ether oxygens (including phenoxy) is 1. The second kappa shape index (κ2) is 12.9. The Bertz CT molecular complexity index is 1100. The number of hydrogen-bond donors (Lipinski definition) is 1. The summed E-state index contributed by atoms with van der Waals surface area (Å²) in [6.07, 6.45) is 3.57. The predicted octanol–water partition coefficient (Wildman–Crippen LogP) is 7.97. The van der Waals surface area contributed by atoms with Crippen molar-refractivity contribution < 1.29 is 14.6 Å². The Morgan fingerprint density at radius 2 is 1.18 bits per heavy atom. The lowest BCUT2D eigenvalue weighted by Crippen LogP contribution is -1.96. The van der Waals surface area contributed by atoms with E-state index in [1.165, 1.54) is 35.1 Å². The van der Waals surface area contributed by atoms with Gasteiger partial charge in [-0.15, -0.1) is 0 Å². The maximum atomic E-state index is 10.2. The van der Waals surface area contributed by atoms with Gasteiger partial charge in [0.15, 0.2) is 0 Å². The summed E-state index contributed by atoms with van der Waals surface area (Å²) in [4.78, 5) is 10.2. The second-order valence-electron chi connectivity index (χ2n) is 7.66. The number of hydrogen-bond acceptors (Lipinski definition) is 2. The standard InChI is InChI=1S/C23H24O.C7H6O2/c1-2-3-9-18-24-21-16-14-20(15-17-21)23-13-8-7-12-22(23)19-10-5-4-6-11-19;8-7(9)6-4-2-1-3-5-6/h4-8,10-17H,2-3,9,18H2,1H3;1-5H,(H,8,9). The number of carbonyl (C=O) groups is 1. The minimum Gasteiger partial charge on any atom is -0.494 e. The first-order valence-electron chi connectivity index (χ1n) is 11.3. The SMILES string of the molecule is CCCCCOc1ccc(-c2ccccc2-c2ccccc2)cc1.O=C(O)c1ccccc1. The first kappa shape index (κ1) is 23.8. The van der Waals surface area contributed by atoms with Gasteiger partial charge >= 0.3 is 5.97 Å². The molecule has 0 saturated heterocycles. The van der Waals surface area contributed by atoms with Gasteiger partial charge in [0.1, 0.15) is 5.75 Å². The van der Waals surface area contributed by atoms with Crippen LogP contribution >= 0.6 is 0 Å². The van der Waals surface area contributed by atoms with Crippen molar-refractivity contribution in [1.29, 1.82) is 0 Å². The third kappa shape index (κ3) is 7.36. The summed E-state index contributed by atoms with van der Waals surface area (Å²) in [5.74, 6) is 0.0719. The van der Waals surface area contributed by atoms with E-state index in [2.05, 4.69) is 85.8 Å². The van der Waals surface area contributed by atoms with Crippen LogP contribution in [-0.4, -0.2) is 17.7 Å². The van der Waals surface area contributed by atoms with Crippen LogP contribution in [0.4, 0.5) is 0 Å². The van der Waals surface area contributed by atoms with Crippen molar-refractivity contribution in [1.82, 2.24) is 0 Å². The highest BCUT2D eigenvalue weighted by Gasteiger charge is 2.06. The lowest BCUT2D eigenvalue weighted by atomic mass is 9.95. The average Bonchev–Trinajstić information content (AvgIpc) is 2.88. The molecule has 0 fully saturated rings. The maximum absolute atomic E-state index is 10.2. The van der Waals surface area contributed by atoms with E-state index in [9.17, 15) is 4.79 Å². The summed E-state index contributed by atoms with van der Waals surface area (Å²) in [5, 5.41) is 8.38. The van der Waals surface area contributed by atoms with Gasteiger partial charge in [0.05, 0.1) is 12.2 Å². The fraction of sp³-hybridized carbons (Fsp3) is 0.167. The molecule has 0 heterocycles. The quantitative estimate of drug-likeness (QED) is 0.284. The lowest BCUT2D eigenvalue weighted by molar-refractivity contribution is 0.0697. The van der Waals surface area contributed by atoms with Crippen LogP contribution in [0.25, 0.3) is 22.3 Å². The van der Waals surface area contributed by atoms with Crippen molar-refractivity contribution in [2.45, 2.75) is 26.2 Å². The van der Waals surface area contributed by atoms with Crippen LogP contribution in [-0.2, 0) is 0 Å². The monoisotopic (exact) mass is 438 g/mol. The third-order valence-electron chi connectivity index (χ3n) is 5.21. The van der Waals surface area contributed by atoms with E-state index in [0.29, 0.717) is 5.56 Å². The Hall–Kier alpha value is -3.85. The van der Waals surface area contributed by atoms with E-state index in [4.69, 9.17) is 9.84 Å². The molecule has 33 heavy (non-hydrogen) atoms. The van der Waals surface area contributed by atoms with Crippen LogP contribution in [0.2, 0.25) is 0 Å². The van der Waals surface area contributed by atoms with Gasteiger partial charge in [-0.05, 0) is 52.9 Å². The first-order chi connectivity index (χ1) is 16.2. The Kier molecular flexibility index (Phi) is 9.29. The van der Waals surface area contributed by atoms with E-state index in [1.807, 2.05) is 0 Å². The zero-order valence-electron chi connectivity index (χ0n) is 19.0. The minimum absolute atomic E-state index is 0.331. The molecule has 168 valence electrons. The fourth-order valence-corrected chi connectivity index (χ4v) is 3.46. The van der Waals surface area contributed by atoms with E-state index in [-0.39, 0.29) is 0 Å². The number of benzene rings is 4. The van der Waals surface area contributed by atoms with Gasteiger partial charge in [0, 0.05) is 0 Å². The molecule has 0 aliphatic rings. The Morgan fingerprint density at radius 1 is 0.667 bits per heavy atom. The van der Waals surface area contributed by atoms with Crippen LogP contribution in [0.5, 0.6) is 5.75 Å². The average molecular weight is 439 g/mol. The lowest BCUT2D eigenvalue weighted by Gasteiger charge is -2.11. The molecule has 0 bridgehead atoms. The Morgan fingerprint density at radius 3 is 1.70 bits per heavy atom. The molecule has 3 nitrogen and oxygen atoms in total. The number of unbranched alkanes of at least 4 members (excludes halogenated alkanes) is 2. The molecule has 0 aromatic heterocycles. The Balaban J connectivity index is 0.000000286. The summed E-state index contributed by atoms with van der Waals surface area (Å²) in [6, 6.07) is 35.8. The van der Waals surface area contributed by atoms with Crippen molar-refractivity contribution in [2.24, 2.45) is 0 Å². The van der Waals surface area contributed by atoms with Crippen molar-refractivity contribution in [2.75, 3.05) is 6.61 Å². The summed E-state index contributed by atoms with van der Waals surface area (Å²) in [7, 11) is 0. The van der Waals surface area contributed by atoms with E-state index in [0.717, 1.165) is 18.8 Å². The molecule has 0 atom stereocenters. The molecule has 0 radical (unpaired) electrons. The molecule has 0 amide bonds. The summed E-state index contributed by atoms with van der Waals surface area (Å²) in [6.45, 7) is 3.01. The van der Waals surface area contributed by atoms with Crippen LogP contribution in [0.15, 0.2) is 109 Å². The molecular formula is C30H30O3. The second-order valence-corrected chi connectivity index (χ2v) is 7.66. The van der Waals surface area contributed by atoms with Crippen LogP contribution in [0.1, 0.15) is 36.5 Å². The highest BCUT2D eigenvalue weighted by atomic mass is 16.5. The highest BCUT2D eigenvalue weighted by Crippen LogP contribution is 2.32. The molecule has 1 N–H and O–H groups in total. The third-order valence-corrected chi connectivity index (χ3v) is 5.21. The van der Waals surface area contributed by atoms with Gasteiger partial charge in [-0.2, -0.15) is 0 Å².